The SMILES string of the molecule is CC(C)(C)NC(=O)C1C[C@H](Oc2ccc3ccccc3c2)CN1C[C@@H](O)C[C@@H](Cc1ccc(OCCN2CCOCC2)cc1)C(=O)N[C@H]1c2ccccc2C[C@H]1O. The fourth-order valence-electron chi connectivity index (χ4n) is 8.41. The molecule has 4 aromatic carbocycles. The third-order valence-corrected chi connectivity index (χ3v) is 11.2. The predicted octanol–water partition coefficient (Wildman–Crippen LogP) is 4.67. The zero-order valence-corrected chi connectivity index (χ0v) is 33.4. The smallest absolute Gasteiger partial charge is 0.237 e. The van der Waals surface area contributed by atoms with E-state index >= 15 is 0 Å². The van der Waals surface area contributed by atoms with Crippen molar-refractivity contribution in [2.45, 2.75) is 82.4 Å². The van der Waals surface area contributed by atoms with Crippen LogP contribution in [0, 0.1) is 5.92 Å². The van der Waals surface area contributed by atoms with Crippen LogP contribution in [0.1, 0.15) is 56.3 Å². The highest BCUT2D eigenvalue weighted by Crippen LogP contribution is 2.33. The van der Waals surface area contributed by atoms with Crippen LogP contribution in [0.25, 0.3) is 10.8 Å². The summed E-state index contributed by atoms with van der Waals surface area (Å²) in [6.45, 7) is 11.2. The molecule has 0 radical (unpaired) electrons. The number of carbonyl (C=O) groups excluding carboxylic acids is 2. The van der Waals surface area contributed by atoms with Gasteiger partial charge in [-0.25, -0.2) is 0 Å². The molecule has 2 heterocycles. The molecule has 7 rings (SSSR count). The van der Waals surface area contributed by atoms with Crippen LogP contribution in [0.15, 0.2) is 91.0 Å². The minimum atomic E-state index is -0.923. The normalized spacial score (nSPS) is 22.5. The van der Waals surface area contributed by atoms with Crippen molar-refractivity contribution in [3.63, 3.8) is 0 Å². The summed E-state index contributed by atoms with van der Waals surface area (Å²) >= 11 is 0. The van der Waals surface area contributed by atoms with Crippen molar-refractivity contribution in [2.24, 2.45) is 5.92 Å². The standard InChI is InChI=1S/C46H58N4O7/c1-46(2,3)48-45(54)41-28-39(57-38-17-14-32-8-4-5-9-33(32)26-38)30-50(41)29-36(51)25-35(44(53)47-43-40-11-7-6-10-34(40)27-42(43)52)24-31-12-15-37(16-13-31)56-23-20-49-18-21-55-22-19-49/h4-17,26,35-36,39,41-43,51-52H,18-25,27-30H2,1-3H3,(H,47,53)(H,48,54)/t35-,36+,39+,41?,42-,43+/m1/s1. The first-order valence-corrected chi connectivity index (χ1v) is 20.4. The molecule has 6 atom stereocenters. The maximum Gasteiger partial charge on any atom is 0.237 e. The van der Waals surface area contributed by atoms with Crippen molar-refractivity contribution in [2.75, 3.05) is 52.5 Å². The molecule has 1 unspecified atom stereocenters. The minimum Gasteiger partial charge on any atom is -0.492 e. The lowest BCUT2D eigenvalue weighted by atomic mass is 9.91. The van der Waals surface area contributed by atoms with Gasteiger partial charge >= 0.3 is 0 Å². The number of benzene rings is 4. The lowest BCUT2D eigenvalue weighted by Crippen LogP contribution is -2.51. The number of nitrogens with one attached hydrogen (secondary N) is 2. The molecule has 11 heteroatoms. The van der Waals surface area contributed by atoms with E-state index in [1.165, 1.54) is 0 Å². The van der Waals surface area contributed by atoms with Gasteiger partial charge in [0.2, 0.25) is 11.8 Å². The molecule has 0 spiro atoms. The van der Waals surface area contributed by atoms with Gasteiger partial charge in [0.05, 0.1) is 37.5 Å². The van der Waals surface area contributed by atoms with Gasteiger partial charge in [0, 0.05) is 57.0 Å². The van der Waals surface area contributed by atoms with Crippen LogP contribution >= 0.6 is 0 Å². The Kier molecular flexibility index (Phi) is 13.1. The molecular formula is C46H58N4O7. The van der Waals surface area contributed by atoms with E-state index in [2.05, 4.69) is 21.6 Å². The summed E-state index contributed by atoms with van der Waals surface area (Å²) in [4.78, 5) is 32.2. The first-order valence-electron chi connectivity index (χ1n) is 20.4. The van der Waals surface area contributed by atoms with Crippen molar-refractivity contribution >= 4 is 22.6 Å². The second-order valence-electron chi connectivity index (χ2n) is 16.9. The lowest BCUT2D eigenvalue weighted by Gasteiger charge is -2.30. The van der Waals surface area contributed by atoms with Crippen LogP contribution in [-0.4, -0.2) is 114 Å². The van der Waals surface area contributed by atoms with Crippen LogP contribution in [0.3, 0.4) is 0 Å². The van der Waals surface area contributed by atoms with Gasteiger partial charge in [0.1, 0.15) is 24.2 Å². The highest BCUT2D eigenvalue weighted by Gasteiger charge is 2.41. The Morgan fingerprint density at radius 1 is 0.930 bits per heavy atom. The number of carbonyl (C=O) groups is 2. The summed E-state index contributed by atoms with van der Waals surface area (Å²) in [5.74, 6) is 0.531. The average molecular weight is 779 g/mol. The fourth-order valence-corrected chi connectivity index (χ4v) is 8.41. The average Bonchev–Trinajstić information content (AvgIpc) is 3.73. The molecule has 4 N–H and O–H groups in total. The maximum atomic E-state index is 14.2. The van der Waals surface area contributed by atoms with Crippen LogP contribution < -0.4 is 20.1 Å². The fraction of sp³-hybridized carbons (Fsp3) is 0.478. The number of nitrogens with zero attached hydrogens (tertiary/aromatic N) is 2. The third kappa shape index (κ3) is 10.9. The molecule has 0 bridgehead atoms. The number of amides is 2. The van der Waals surface area contributed by atoms with E-state index < -0.39 is 35.7 Å². The highest BCUT2D eigenvalue weighted by atomic mass is 16.5. The van der Waals surface area contributed by atoms with Crippen molar-refractivity contribution in [3.8, 4) is 11.5 Å². The number of likely N-dealkylation sites (tertiary alicyclic amines) is 1. The van der Waals surface area contributed by atoms with Crippen molar-refractivity contribution < 1.29 is 34.0 Å². The number of ether oxygens (including phenoxy) is 3. The second-order valence-corrected chi connectivity index (χ2v) is 16.9. The Bertz CT molecular complexity index is 1960. The summed E-state index contributed by atoms with van der Waals surface area (Å²) in [5.41, 5.74) is 2.43. The Morgan fingerprint density at radius 2 is 1.65 bits per heavy atom. The van der Waals surface area contributed by atoms with Gasteiger partial charge in [-0.05, 0) is 85.3 Å². The molecule has 304 valence electrons. The lowest BCUT2D eigenvalue weighted by molar-refractivity contribution is -0.129. The Morgan fingerprint density at radius 3 is 2.42 bits per heavy atom. The molecule has 1 aliphatic carbocycles. The topological polar surface area (TPSA) is 133 Å². The van der Waals surface area contributed by atoms with Gasteiger partial charge in [-0.2, -0.15) is 0 Å². The second kappa shape index (κ2) is 18.4. The number of fused-ring (bicyclic) bond motifs is 2. The Balaban J connectivity index is 1.04. The van der Waals surface area contributed by atoms with Crippen LogP contribution in [0.5, 0.6) is 11.5 Å². The monoisotopic (exact) mass is 778 g/mol. The van der Waals surface area contributed by atoms with Gasteiger partial charge in [0.15, 0.2) is 0 Å². The summed E-state index contributed by atoms with van der Waals surface area (Å²) in [6, 6.07) is 28.7. The number of aliphatic hydroxyl groups excluding tert-OH is 2. The molecule has 2 amide bonds. The molecule has 4 aromatic rings. The zero-order chi connectivity index (χ0) is 39.9. The molecule has 3 aliphatic rings. The molecule has 2 saturated heterocycles. The van der Waals surface area contributed by atoms with E-state index in [1.54, 1.807) is 0 Å². The number of β-amino-alcohol motifs (C(OH)–C–C–N with tert-alkyl or cyclic N) is 1. The van der Waals surface area contributed by atoms with Crippen LogP contribution in [-0.2, 0) is 27.2 Å². The van der Waals surface area contributed by atoms with Crippen LogP contribution in [0.4, 0.5) is 0 Å². The summed E-state index contributed by atoms with van der Waals surface area (Å²) in [6.07, 6.45) is -0.461. The van der Waals surface area contributed by atoms with E-state index in [-0.39, 0.29) is 30.9 Å². The van der Waals surface area contributed by atoms with E-state index in [0.717, 1.165) is 71.8 Å². The maximum absolute atomic E-state index is 14.2. The quantitative estimate of drug-likeness (QED) is 0.136. The predicted molar refractivity (Wildman–Crippen MR) is 220 cm³/mol. The van der Waals surface area contributed by atoms with E-state index in [1.807, 2.05) is 111 Å². The summed E-state index contributed by atoms with van der Waals surface area (Å²) < 4.78 is 18.0. The van der Waals surface area contributed by atoms with E-state index in [0.29, 0.717) is 32.4 Å². The van der Waals surface area contributed by atoms with Gasteiger partial charge in [-0.1, -0.05) is 66.7 Å². The summed E-state index contributed by atoms with van der Waals surface area (Å²) in [5, 5.41) is 31.2. The molecule has 2 fully saturated rings. The zero-order valence-electron chi connectivity index (χ0n) is 33.4. The number of aliphatic hydroxyl groups is 2. The largest absolute Gasteiger partial charge is 0.492 e. The molecule has 0 saturated carbocycles. The minimum absolute atomic E-state index is 0.116. The molecular weight excluding hydrogens is 721 g/mol. The number of morpholine rings is 1. The summed E-state index contributed by atoms with van der Waals surface area (Å²) in [7, 11) is 0. The number of hydrogen-bond acceptors (Lipinski definition) is 9. The third-order valence-electron chi connectivity index (χ3n) is 11.2. The Hall–Kier alpha value is -4.52. The number of hydrogen-bond donors (Lipinski definition) is 4. The first kappa shape index (κ1) is 40.7. The van der Waals surface area contributed by atoms with Crippen molar-refractivity contribution in [1.29, 1.82) is 0 Å². The van der Waals surface area contributed by atoms with Crippen molar-refractivity contribution in [3.05, 3.63) is 108 Å². The van der Waals surface area contributed by atoms with Gasteiger partial charge in [-0.3, -0.25) is 19.4 Å². The highest BCUT2D eigenvalue weighted by molar-refractivity contribution is 5.84. The Labute approximate surface area is 336 Å². The number of rotatable bonds is 15. The van der Waals surface area contributed by atoms with Gasteiger partial charge in [0.25, 0.3) is 0 Å². The molecule has 11 nitrogen and oxygen atoms in total. The molecule has 0 aromatic heterocycles. The molecule has 57 heavy (non-hydrogen) atoms. The van der Waals surface area contributed by atoms with Gasteiger partial charge < -0.3 is 35.1 Å². The van der Waals surface area contributed by atoms with E-state index in [9.17, 15) is 19.8 Å². The van der Waals surface area contributed by atoms with E-state index in [4.69, 9.17) is 14.2 Å². The first-order chi connectivity index (χ1) is 27.5. The van der Waals surface area contributed by atoms with Crippen LogP contribution in [0.2, 0.25) is 0 Å². The van der Waals surface area contributed by atoms with Gasteiger partial charge in [-0.15, -0.1) is 0 Å². The molecule has 2 aliphatic heterocycles. The van der Waals surface area contributed by atoms with Crippen molar-refractivity contribution in [1.82, 2.24) is 20.4 Å².